The van der Waals surface area contributed by atoms with Gasteiger partial charge in [-0.05, 0) is 33.1 Å². The van der Waals surface area contributed by atoms with Gasteiger partial charge in [0.2, 0.25) is 0 Å². The standard InChI is InChI=1S/C13H25NO3/c1-13(2,16)8-9-14(10-12(15)17-3)11-6-4-5-7-11/h11,16H,4-10H2,1-3H3. The minimum Gasteiger partial charge on any atom is -0.468 e. The molecule has 1 aliphatic rings. The zero-order valence-corrected chi connectivity index (χ0v) is 11.2. The number of hydrogen-bond donors (Lipinski definition) is 1. The normalized spacial score (nSPS) is 17.7. The molecule has 0 aromatic heterocycles. The summed E-state index contributed by atoms with van der Waals surface area (Å²) < 4.78 is 4.73. The average Bonchev–Trinajstić information content (AvgIpc) is 2.75. The predicted molar refractivity (Wildman–Crippen MR) is 66.8 cm³/mol. The van der Waals surface area contributed by atoms with Gasteiger partial charge in [-0.2, -0.15) is 0 Å². The minimum atomic E-state index is -0.674. The summed E-state index contributed by atoms with van der Waals surface area (Å²) in [6.45, 7) is 4.70. The van der Waals surface area contributed by atoms with Crippen molar-refractivity contribution in [3.63, 3.8) is 0 Å². The number of methoxy groups -OCH3 is 1. The number of hydrogen-bond acceptors (Lipinski definition) is 4. The minimum absolute atomic E-state index is 0.187. The molecule has 0 aromatic rings. The van der Waals surface area contributed by atoms with Crippen LogP contribution in [0.2, 0.25) is 0 Å². The lowest BCUT2D eigenvalue weighted by Gasteiger charge is -2.30. The van der Waals surface area contributed by atoms with Crippen LogP contribution in [0.15, 0.2) is 0 Å². The molecule has 1 saturated carbocycles. The first kappa shape index (κ1) is 14.5. The summed E-state index contributed by atoms with van der Waals surface area (Å²) in [5.41, 5.74) is -0.674. The van der Waals surface area contributed by atoms with Gasteiger partial charge in [-0.15, -0.1) is 0 Å². The molecule has 0 heterocycles. The Kier molecular flexibility index (Phi) is 5.40. The lowest BCUT2D eigenvalue weighted by Crippen LogP contribution is -2.41. The summed E-state index contributed by atoms with van der Waals surface area (Å²) in [6, 6.07) is 0.483. The number of esters is 1. The highest BCUT2D eigenvalue weighted by molar-refractivity contribution is 5.71. The highest BCUT2D eigenvalue weighted by Crippen LogP contribution is 2.24. The summed E-state index contributed by atoms with van der Waals surface area (Å²) in [6.07, 6.45) is 5.47. The zero-order valence-electron chi connectivity index (χ0n) is 11.2. The van der Waals surface area contributed by atoms with Gasteiger partial charge >= 0.3 is 5.97 Å². The topological polar surface area (TPSA) is 49.8 Å². The number of carbonyl (C=O) groups is 1. The Labute approximate surface area is 104 Å². The fourth-order valence-corrected chi connectivity index (χ4v) is 2.31. The molecule has 1 fully saturated rings. The maximum absolute atomic E-state index is 11.4. The van der Waals surface area contributed by atoms with Crippen molar-refractivity contribution in [3.05, 3.63) is 0 Å². The highest BCUT2D eigenvalue weighted by Gasteiger charge is 2.26. The smallest absolute Gasteiger partial charge is 0.319 e. The fraction of sp³-hybridized carbons (Fsp3) is 0.923. The first-order valence-electron chi connectivity index (χ1n) is 6.45. The fourth-order valence-electron chi connectivity index (χ4n) is 2.31. The summed E-state index contributed by atoms with van der Waals surface area (Å²) >= 11 is 0. The Morgan fingerprint density at radius 3 is 2.47 bits per heavy atom. The quantitative estimate of drug-likeness (QED) is 0.719. The van der Waals surface area contributed by atoms with Crippen LogP contribution < -0.4 is 0 Å². The molecule has 100 valence electrons. The number of ether oxygens (including phenoxy) is 1. The molecule has 4 heteroatoms. The van der Waals surface area contributed by atoms with Crippen molar-refractivity contribution in [1.82, 2.24) is 4.90 Å². The Morgan fingerprint density at radius 2 is 2.00 bits per heavy atom. The molecule has 0 atom stereocenters. The van der Waals surface area contributed by atoms with Gasteiger partial charge in [0.15, 0.2) is 0 Å². The molecule has 0 spiro atoms. The summed E-state index contributed by atoms with van der Waals surface area (Å²) in [5, 5.41) is 9.76. The third-order valence-corrected chi connectivity index (χ3v) is 3.41. The number of aliphatic hydroxyl groups is 1. The van der Waals surface area contributed by atoms with Crippen LogP contribution in [-0.4, -0.2) is 47.8 Å². The van der Waals surface area contributed by atoms with E-state index in [9.17, 15) is 9.90 Å². The highest BCUT2D eigenvalue weighted by atomic mass is 16.5. The second-order valence-electron chi connectivity index (χ2n) is 5.55. The average molecular weight is 243 g/mol. The van der Waals surface area contributed by atoms with Crippen molar-refractivity contribution < 1.29 is 14.6 Å². The van der Waals surface area contributed by atoms with E-state index in [1.54, 1.807) is 13.8 Å². The molecule has 0 amide bonds. The molecule has 0 aliphatic heterocycles. The van der Waals surface area contributed by atoms with Gasteiger partial charge in [0.25, 0.3) is 0 Å². The van der Waals surface area contributed by atoms with Crippen molar-refractivity contribution in [2.45, 2.75) is 57.6 Å². The van der Waals surface area contributed by atoms with E-state index in [1.165, 1.54) is 20.0 Å². The first-order chi connectivity index (χ1) is 7.92. The van der Waals surface area contributed by atoms with Gasteiger partial charge in [-0.25, -0.2) is 0 Å². The molecule has 1 N–H and O–H groups in total. The van der Waals surface area contributed by atoms with Crippen LogP contribution in [0, 0.1) is 0 Å². The van der Waals surface area contributed by atoms with E-state index in [1.807, 2.05) is 0 Å². The van der Waals surface area contributed by atoms with Gasteiger partial charge in [-0.1, -0.05) is 12.8 Å². The Bertz CT molecular complexity index is 242. The van der Waals surface area contributed by atoms with E-state index in [2.05, 4.69) is 4.90 Å². The van der Waals surface area contributed by atoms with Crippen LogP contribution in [0.3, 0.4) is 0 Å². The molecule has 0 aromatic carbocycles. The van der Waals surface area contributed by atoms with E-state index < -0.39 is 5.60 Å². The summed E-state index contributed by atoms with van der Waals surface area (Å²) in [7, 11) is 1.42. The van der Waals surface area contributed by atoms with Gasteiger partial charge in [0.1, 0.15) is 0 Å². The third-order valence-electron chi connectivity index (χ3n) is 3.41. The second kappa shape index (κ2) is 6.36. The summed E-state index contributed by atoms with van der Waals surface area (Å²) in [5.74, 6) is -0.187. The molecule has 17 heavy (non-hydrogen) atoms. The lowest BCUT2D eigenvalue weighted by atomic mass is 10.0. The van der Waals surface area contributed by atoms with Crippen LogP contribution in [0.4, 0.5) is 0 Å². The predicted octanol–water partition coefficient (Wildman–Crippen LogP) is 1.56. The Morgan fingerprint density at radius 1 is 1.41 bits per heavy atom. The van der Waals surface area contributed by atoms with Crippen molar-refractivity contribution >= 4 is 5.97 Å². The molecule has 0 saturated heterocycles. The zero-order chi connectivity index (χ0) is 12.9. The van der Waals surface area contributed by atoms with E-state index >= 15 is 0 Å². The monoisotopic (exact) mass is 243 g/mol. The molecule has 0 unspecified atom stereocenters. The molecule has 0 radical (unpaired) electrons. The van der Waals surface area contributed by atoms with Crippen LogP contribution >= 0.6 is 0 Å². The van der Waals surface area contributed by atoms with Crippen LogP contribution in [-0.2, 0) is 9.53 Å². The van der Waals surface area contributed by atoms with E-state index in [0.717, 1.165) is 19.4 Å². The van der Waals surface area contributed by atoms with Crippen molar-refractivity contribution in [2.24, 2.45) is 0 Å². The lowest BCUT2D eigenvalue weighted by molar-refractivity contribution is -0.142. The second-order valence-corrected chi connectivity index (χ2v) is 5.55. The number of rotatable bonds is 6. The van der Waals surface area contributed by atoms with Gasteiger partial charge in [-0.3, -0.25) is 9.69 Å². The molecule has 4 nitrogen and oxygen atoms in total. The maximum atomic E-state index is 11.4. The van der Waals surface area contributed by atoms with Gasteiger partial charge in [0.05, 0.1) is 19.3 Å². The largest absolute Gasteiger partial charge is 0.468 e. The number of nitrogens with zero attached hydrogens (tertiary/aromatic N) is 1. The van der Waals surface area contributed by atoms with Gasteiger partial charge < -0.3 is 9.84 Å². The van der Waals surface area contributed by atoms with Crippen LogP contribution in [0.25, 0.3) is 0 Å². The SMILES string of the molecule is COC(=O)CN(CCC(C)(C)O)C1CCCC1. The molecular formula is C13H25NO3. The summed E-state index contributed by atoms with van der Waals surface area (Å²) in [4.78, 5) is 13.5. The van der Waals surface area contributed by atoms with Crippen LogP contribution in [0.1, 0.15) is 46.0 Å². The Hall–Kier alpha value is -0.610. The molecular weight excluding hydrogens is 218 g/mol. The van der Waals surface area contributed by atoms with Crippen molar-refractivity contribution in [3.8, 4) is 0 Å². The molecule has 0 bridgehead atoms. The van der Waals surface area contributed by atoms with Crippen molar-refractivity contribution in [1.29, 1.82) is 0 Å². The number of carbonyl (C=O) groups excluding carboxylic acids is 1. The molecule has 1 aliphatic carbocycles. The van der Waals surface area contributed by atoms with Gasteiger partial charge in [0, 0.05) is 12.6 Å². The third kappa shape index (κ3) is 5.50. The van der Waals surface area contributed by atoms with E-state index in [4.69, 9.17) is 4.74 Å². The first-order valence-corrected chi connectivity index (χ1v) is 6.45. The van der Waals surface area contributed by atoms with E-state index in [-0.39, 0.29) is 5.97 Å². The Balaban J connectivity index is 2.49. The van der Waals surface area contributed by atoms with Crippen LogP contribution in [0.5, 0.6) is 0 Å². The van der Waals surface area contributed by atoms with E-state index in [0.29, 0.717) is 19.0 Å². The van der Waals surface area contributed by atoms with Crippen molar-refractivity contribution in [2.75, 3.05) is 20.2 Å². The molecule has 1 rings (SSSR count). The maximum Gasteiger partial charge on any atom is 0.319 e.